The van der Waals surface area contributed by atoms with Gasteiger partial charge in [0.05, 0.1) is 10.4 Å². The molecule has 0 saturated heterocycles. The lowest BCUT2D eigenvalue weighted by Crippen LogP contribution is -2.23. The summed E-state index contributed by atoms with van der Waals surface area (Å²) in [6.45, 7) is 10.5. The molecule has 1 heterocycles. The zero-order valence-corrected chi connectivity index (χ0v) is 11.1. The quantitative estimate of drug-likeness (QED) is 0.694. The number of hydrogen-bond acceptors (Lipinski definition) is 3. The van der Waals surface area contributed by atoms with Crippen LogP contribution in [0.15, 0.2) is 21.9 Å². The van der Waals surface area contributed by atoms with Gasteiger partial charge in [-0.05, 0) is 34.1 Å². The van der Waals surface area contributed by atoms with E-state index in [-0.39, 0.29) is 10.2 Å². The van der Waals surface area contributed by atoms with Gasteiger partial charge in [-0.1, -0.05) is 6.92 Å². The summed E-state index contributed by atoms with van der Waals surface area (Å²) in [4.78, 5) is 8.97. The van der Waals surface area contributed by atoms with Crippen molar-refractivity contribution in [3.8, 4) is 0 Å². The molecule has 3 heteroatoms. The number of nitrogens with zero attached hydrogens (tertiary/aromatic N) is 2. The third-order valence-electron chi connectivity index (χ3n) is 3.08. The molecule has 0 aliphatic carbocycles. The molecule has 15 heavy (non-hydrogen) atoms. The molecule has 0 aromatic carbocycles. The second-order valence-corrected chi connectivity index (χ2v) is 5.82. The molecule has 1 rings (SSSR count). The highest BCUT2D eigenvalue weighted by molar-refractivity contribution is 7.82. The Bertz CT molecular complexity index is 336. The number of rotatable bonds is 2. The van der Waals surface area contributed by atoms with Crippen LogP contribution in [0.1, 0.15) is 41.0 Å². The van der Waals surface area contributed by atoms with E-state index in [9.17, 15) is 0 Å². The number of hydrogen-bond donors (Lipinski definition) is 1. The standard InChI is InChI=1S/C12H20N2S/c1-6-12(5,15)10-7-13-9(2)11(3,4)8-14-10/h7-8,15H,6H2,1-5H3. The summed E-state index contributed by atoms with van der Waals surface area (Å²) < 4.78 is -0.194. The molecule has 0 saturated carbocycles. The van der Waals surface area contributed by atoms with Gasteiger partial charge >= 0.3 is 0 Å². The minimum atomic E-state index is -0.194. The highest BCUT2D eigenvalue weighted by Crippen LogP contribution is 2.31. The second kappa shape index (κ2) is 4.12. The second-order valence-electron chi connectivity index (χ2n) is 4.84. The minimum Gasteiger partial charge on any atom is -0.263 e. The largest absolute Gasteiger partial charge is 0.263 e. The maximum atomic E-state index is 4.61. The van der Waals surface area contributed by atoms with Crippen molar-refractivity contribution in [3.05, 3.63) is 11.9 Å². The Labute approximate surface area is 98.0 Å². The first-order valence-electron chi connectivity index (χ1n) is 5.33. The highest BCUT2D eigenvalue weighted by Gasteiger charge is 2.26. The molecule has 0 radical (unpaired) electrons. The first-order valence-corrected chi connectivity index (χ1v) is 5.77. The summed E-state index contributed by atoms with van der Waals surface area (Å²) in [7, 11) is 0. The number of thiol groups is 1. The van der Waals surface area contributed by atoms with Crippen molar-refractivity contribution in [2.75, 3.05) is 0 Å². The maximum Gasteiger partial charge on any atom is 0.0737 e. The zero-order chi connectivity index (χ0) is 11.7. The Morgan fingerprint density at radius 1 is 1.47 bits per heavy atom. The Morgan fingerprint density at radius 2 is 2.07 bits per heavy atom. The molecule has 0 N–H and O–H groups in total. The molecule has 0 aromatic heterocycles. The van der Waals surface area contributed by atoms with E-state index in [4.69, 9.17) is 0 Å². The van der Waals surface area contributed by atoms with Gasteiger partial charge in [0.25, 0.3) is 0 Å². The van der Waals surface area contributed by atoms with Crippen LogP contribution < -0.4 is 0 Å². The van der Waals surface area contributed by atoms with Crippen LogP contribution in [0.2, 0.25) is 0 Å². The topological polar surface area (TPSA) is 24.7 Å². The van der Waals surface area contributed by atoms with Gasteiger partial charge in [0, 0.05) is 23.5 Å². The van der Waals surface area contributed by atoms with Crippen molar-refractivity contribution < 1.29 is 0 Å². The molecule has 1 aliphatic rings. The van der Waals surface area contributed by atoms with Gasteiger partial charge in [0.1, 0.15) is 0 Å². The molecule has 0 fully saturated rings. The molecule has 2 nitrogen and oxygen atoms in total. The molecule has 1 atom stereocenters. The van der Waals surface area contributed by atoms with E-state index in [1.54, 1.807) is 0 Å². The molecule has 0 amide bonds. The fourth-order valence-electron chi connectivity index (χ4n) is 1.14. The fraction of sp³-hybridized carbons (Fsp3) is 0.667. The smallest absolute Gasteiger partial charge is 0.0737 e. The van der Waals surface area contributed by atoms with E-state index < -0.39 is 0 Å². The third-order valence-corrected chi connectivity index (χ3v) is 3.62. The van der Waals surface area contributed by atoms with Crippen molar-refractivity contribution >= 4 is 24.6 Å². The summed E-state index contributed by atoms with van der Waals surface area (Å²) in [5, 5.41) is 0. The molecule has 0 aromatic rings. The average Bonchev–Trinajstić information content (AvgIpc) is 2.28. The van der Waals surface area contributed by atoms with E-state index in [0.29, 0.717) is 0 Å². The van der Waals surface area contributed by atoms with Crippen LogP contribution in [0.5, 0.6) is 0 Å². The van der Waals surface area contributed by atoms with Gasteiger partial charge in [0.15, 0.2) is 0 Å². The van der Waals surface area contributed by atoms with Crippen molar-refractivity contribution in [2.45, 2.75) is 45.8 Å². The van der Waals surface area contributed by atoms with Gasteiger partial charge in [-0.3, -0.25) is 9.98 Å². The maximum absolute atomic E-state index is 4.61. The van der Waals surface area contributed by atoms with Gasteiger partial charge in [-0.15, -0.1) is 0 Å². The summed E-state index contributed by atoms with van der Waals surface area (Å²) in [6, 6.07) is 0. The van der Waals surface area contributed by atoms with Crippen LogP contribution in [-0.4, -0.2) is 16.7 Å². The summed E-state index contributed by atoms with van der Waals surface area (Å²) in [6.07, 6.45) is 4.75. The monoisotopic (exact) mass is 224 g/mol. The highest BCUT2D eigenvalue weighted by atomic mass is 32.1. The zero-order valence-electron chi connectivity index (χ0n) is 10.2. The molecular weight excluding hydrogens is 204 g/mol. The van der Waals surface area contributed by atoms with E-state index in [0.717, 1.165) is 17.8 Å². The molecule has 0 bridgehead atoms. The molecular formula is C12H20N2S. The Morgan fingerprint density at radius 3 is 2.60 bits per heavy atom. The van der Waals surface area contributed by atoms with E-state index in [2.05, 4.69) is 50.3 Å². The first kappa shape index (κ1) is 12.5. The Kier molecular flexibility index (Phi) is 3.44. The van der Waals surface area contributed by atoms with Crippen LogP contribution in [0, 0.1) is 5.41 Å². The van der Waals surface area contributed by atoms with Gasteiger partial charge in [-0.2, -0.15) is 12.6 Å². The van der Waals surface area contributed by atoms with Crippen molar-refractivity contribution in [2.24, 2.45) is 15.4 Å². The third kappa shape index (κ3) is 2.71. The van der Waals surface area contributed by atoms with Crippen LogP contribution in [-0.2, 0) is 0 Å². The van der Waals surface area contributed by atoms with Crippen LogP contribution in [0.4, 0.5) is 0 Å². The van der Waals surface area contributed by atoms with Crippen molar-refractivity contribution in [1.29, 1.82) is 0 Å². The molecule has 0 spiro atoms. The van der Waals surface area contributed by atoms with Gasteiger partial charge in [-0.25, -0.2) is 0 Å². The van der Waals surface area contributed by atoms with Crippen LogP contribution in [0.3, 0.4) is 0 Å². The predicted molar refractivity (Wildman–Crippen MR) is 71.1 cm³/mol. The lowest BCUT2D eigenvalue weighted by Gasteiger charge is -2.21. The molecule has 1 unspecified atom stereocenters. The van der Waals surface area contributed by atoms with Crippen molar-refractivity contribution in [3.63, 3.8) is 0 Å². The number of aliphatic imine (C=N–C) groups is 2. The molecule has 1 aliphatic heterocycles. The lowest BCUT2D eigenvalue weighted by molar-refractivity contribution is 0.704. The van der Waals surface area contributed by atoms with E-state index in [1.165, 1.54) is 0 Å². The summed E-state index contributed by atoms with van der Waals surface area (Å²) in [5.41, 5.74) is 1.97. The van der Waals surface area contributed by atoms with E-state index >= 15 is 0 Å². The fourth-order valence-corrected chi connectivity index (χ4v) is 1.26. The molecule has 84 valence electrons. The van der Waals surface area contributed by atoms with Crippen LogP contribution in [0.25, 0.3) is 0 Å². The first-order chi connectivity index (χ1) is 6.79. The Hall–Kier alpha value is -0.570. The normalized spacial score (nSPS) is 23.9. The van der Waals surface area contributed by atoms with Crippen molar-refractivity contribution in [1.82, 2.24) is 0 Å². The average molecular weight is 224 g/mol. The summed E-state index contributed by atoms with van der Waals surface area (Å²) >= 11 is 4.61. The SMILES string of the molecule is CCC(C)(S)C1=CN=C(C)C(C)(C)C=N1. The summed E-state index contributed by atoms with van der Waals surface area (Å²) in [5.74, 6) is 0. The Balaban J connectivity index is 3.08. The van der Waals surface area contributed by atoms with Crippen LogP contribution >= 0.6 is 12.6 Å². The van der Waals surface area contributed by atoms with Gasteiger partial charge in [0.2, 0.25) is 0 Å². The predicted octanol–water partition coefficient (Wildman–Crippen LogP) is 3.50. The minimum absolute atomic E-state index is 0.0597. The van der Waals surface area contributed by atoms with Gasteiger partial charge < -0.3 is 0 Å². The lowest BCUT2D eigenvalue weighted by atomic mass is 9.90. The van der Waals surface area contributed by atoms with E-state index in [1.807, 2.05) is 19.3 Å².